The molecular formula is C24H34O2. The fraction of sp³-hybridized carbons (Fsp3) is 0.708. The molecule has 0 N–H and O–H groups in total. The zero-order valence-corrected chi connectivity index (χ0v) is 16.7. The first-order valence-corrected chi connectivity index (χ1v) is 10.8. The lowest BCUT2D eigenvalue weighted by molar-refractivity contribution is -0.129. The van der Waals surface area contributed by atoms with Crippen LogP contribution in [0, 0.1) is 23.2 Å². The summed E-state index contributed by atoms with van der Waals surface area (Å²) < 4.78 is 5.44. The Morgan fingerprint density at radius 3 is 2.85 bits per heavy atom. The van der Waals surface area contributed by atoms with Gasteiger partial charge in [0.25, 0.3) is 0 Å². The van der Waals surface area contributed by atoms with Crippen LogP contribution in [-0.2, 0) is 11.2 Å². The second-order valence-electron chi connectivity index (χ2n) is 9.24. The van der Waals surface area contributed by atoms with E-state index in [-0.39, 0.29) is 5.41 Å². The van der Waals surface area contributed by atoms with Gasteiger partial charge in [0.05, 0.1) is 7.11 Å². The maximum Gasteiger partial charge on any atom is 0.139 e. The molecule has 2 nitrogen and oxygen atoms in total. The third-order valence-corrected chi connectivity index (χ3v) is 7.96. The number of carbonyl (C=O) groups is 1. The van der Waals surface area contributed by atoms with Crippen molar-refractivity contribution in [3.63, 3.8) is 0 Å². The van der Waals surface area contributed by atoms with Gasteiger partial charge in [0, 0.05) is 11.8 Å². The molecule has 3 aliphatic rings. The predicted octanol–water partition coefficient (Wildman–Crippen LogP) is 5.93. The quantitative estimate of drug-likeness (QED) is 0.613. The zero-order valence-electron chi connectivity index (χ0n) is 16.7. The van der Waals surface area contributed by atoms with E-state index in [0.29, 0.717) is 29.5 Å². The molecule has 3 aliphatic carbocycles. The summed E-state index contributed by atoms with van der Waals surface area (Å²) in [5.41, 5.74) is 3.00. The van der Waals surface area contributed by atoms with Gasteiger partial charge >= 0.3 is 0 Å². The van der Waals surface area contributed by atoms with E-state index >= 15 is 0 Å². The van der Waals surface area contributed by atoms with Gasteiger partial charge in [0.1, 0.15) is 11.5 Å². The monoisotopic (exact) mass is 354 g/mol. The number of unbranched alkanes of at least 4 members (excludes halogenated alkanes) is 2. The molecule has 0 spiro atoms. The largest absolute Gasteiger partial charge is 0.497 e. The number of ether oxygens (including phenoxy) is 1. The molecular weight excluding hydrogens is 320 g/mol. The highest BCUT2D eigenvalue weighted by Crippen LogP contribution is 2.62. The van der Waals surface area contributed by atoms with E-state index in [9.17, 15) is 4.79 Å². The van der Waals surface area contributed by atoms with Crippen LogP contribution in [0.1, 0.15) is 82.3 Å². The van der Waals surface area contributed by atoms with Crippen molar-refractivity contribution >= 4 is 5.78 Å². The van der Waals surface area contributed by atoms with Gasteiger partial charge in [0.15, 0.2) is 0 Å². The molecule has 142 valence electrons. The van der Waals surface area contributed by atoms with E-state index < -0.39 is 0 Å². The molecule has 2 saturated carbocycles. The second kappa shape index (κ2) is 7.02. The minimum atomic E-state index is -0.0397. The Morgan fingerprint density at radius 2 is 2.08 bits per heavy atom. The summed E-state index contributed by atoms with van der Waals surface area (Å²) in [5.74, 6) is 4.15. The number of aryl methyl sites for hydroxylation is 1. The SMILES string of the molecule is CCCCC[C@@H]1CC(=O)[C@@]2(C)CC[C@@H]3c4ccc(OC)cc4CC[C@H]3[C@H]12. The van der Waals surface area contributed by atoms with Crippen LogP contribution in [0.15, 0.2) is 18.2 Å². The van der Waals surface area contributed by atoms with Gasteiger partial charge in [-0.05, 0) is 79.0 Å². The standard InChI is InChI=1S/C24H34O2/c1-4-5-6-7-17-15-22(25)24(2)13-12-20-19-11-9-18(26-3)14-16(19)8-10-21(20)23(17)24/h9,11,14,17,20-21,23H,4-8,10,12-13,15H2,1-3H3/t17-,20-,21-,23+,24-/m1/s1. The minimum absolute atomic E-state index is 0.0397. The van der Waals surface area contributed by atoms with E-state index in [0.717, 1.165) is 25.0 Å². The first-order chi connectivity index (χ1) is 12.6. The first kappa shape index (κ1) is 18.1. The van der Waals surface area contributed by atoms with Crippen LogP contribution in [0.4, 0.5) is 0 Å². The smallest absolute Gasteiger partial charge is 0.139 e. The average molecular weight is 355 g/mol. The summed E-state index contributed by atoms with van der Waals surface area (Å²) >= 11 is 0. The van der Waals surface area contributed by atoms with Crippen molar-refractivity contribution < 1.29 is 9.53 Å². The molecule has 5 atom stereocenters. The van der Waals surface area contributed by atoms with E-state index in [1.54, 1.807) is 12.7 Å². The highest BCUT2D eigenvalue weighted by Gasteiger charge is 2.58. The van der Waals surface area contributed by atoms with Crippen LogP contribution in [0.5, 0.6) is 5.75 Å². The normalized spacial score (nSPS) is 35.6. The number of rotatable bonds is 5. The Morgan fingerprint density at radius 1 is 1.23 bits per heavy atom. The molecule has 1 aromatic rings. The molecule has 0 unspecified atom stereocenters. The highest BCUT2D eigenvalue weighted by atomic mass is 16.5. The van der Waals surface area contributed by atoms with Gasteiger partial charge in [-0.3, -0.25) is 4.79 Å². The fourth-order valence-electron chi connectivity index (χ4n) is 6.67. The van der Waals surface area contributed by atoms with Crippen LogP contribution in [0.2, 0.25) is 0 Å². The molecule has 0 bridgehead atoms. The molecule has 0 aliphatic heterocycles. The Labute approximate surface area is 158 Å². The number of carbonyl (C=O) groups excluding carboxylic acids is 1. The number of hydrogen-bond donors (Lipinski definition) is 0. The topological polar surface area (TPSA) is 26.3 Å². The van der Waals surface area contributed by atoms with Crippen LogP contribution >= 0.6 is 0 Å². The Balaban J connectivity index is 1.62. The van der Waals surface area contributed by atoms with Crippen LogP contribution in [0.3, 0.4) is 0 Å². The molecule has 2 fully saturated rings. The van der Waals surface area contributed by atoms with E-state index in [4.69, 9.17) is 4.74 Å². The molecule has 1 aromatic carbocycles. The molecule has 0 saturated heterocycles. The minimum Gasteiger partial charge on any atom is -0.497 e. The predicted molar refractivity (Wildman–Crippen MR) is 106 cm³/mol. The lowest BCUT2D eigenvalue weighted by Gasteiger charge is -2.50. The van der Waals surface area contributed by atoms with Gasteiger partial charge in [0.2, 0.25) is 0 Å². The van der Waals surface area contributed by atoms with Gasteiger partial charge in [-0.25, -0.2) is 0 Å². The number of Topliss-reactive ketones (excluding diaryl/α,β-unsaturated/α-hetero) is 1. The maximum absolute atomic E-state index is 13.0. The van der Waals surface area contributed by atoms with E-state index in [1.165, 1.54) is 44.1 Å². The Kier molecular flexibility index (Phi) is 4.88. The summed E-state index contributed by atoms with van der Waals surface area (Å²) in [7, 11) is 1.75. The maximum atomic E-state index is 13.0. The zero-order chi connectivity index (χ0) is 18.3. The van der Waals surface area contributed by atoms with Crippen LogP contribution < -0.4 is 4.74 Å². The molecule has 26 heavy (non-hydrogen) atoms. The molecule has 4 rings (SSSR count). The van der Waals surface area contributed by atoms with Crippen molar-refractivity contribution in [2.24, 2.45) is 23.2 Å². The number of hydrogen-bond acceptors (Lipinski definition) is 2. The molecule has 2 heteroatoms. The van der Waals surface area contributed by atoms with Crippen LogP contribution in [-0.4, -0.2) is 12.9 Å². The van der Waals surface area contributed by atoms with Gasteiger partial charge in [-0.15, -0.1) is 0 Å². The summed E-state index contributed by atoms with van der Waals surface area (Å²) in [6.45, 7) is 4.58. The molecule has 0 heterocycles. The van der Waals surface area contributed by atoms with Gasteiger partial charge in [-0.1, -0.05) is 39.2 Å². The number of methoxy groups -OCH3 is 1. The van der Waals surface area contributed by atoms with Crippen molar-refractivity contribution in [2.45, 2.75) is 77.6 Å². The Hall–Kier alpha value is -1.31. The van der Waals surface area contributed by atoms with Crippen molar-refractivity contribution in [3.05, 3.63) is 29.3 Å². The summed E-state index contributed by atoms with van der Waals surface area (Å²) in [4.78, 5) is 13.0. The van der Waals surface area contributed by atoms with Crippen molar-refractivity contribution in [1.29, 1.82) is 0 Å². The summed E-state index contributed by atoms with van der Waals surface area (Å²) in [6, 6.07) is 6.70. The second-order valence-corrected chi connectivity index (χ2v) is 9.24. The summed E-state index contributed by atoms with van der Waals surface area (Å²) in [5, 5.41) is 0. The van der Waals surface area contributed by atoms with E-state index in [2.05, 4.69) is 32.0 Å². The Bertz CT molecular complexity index is 679. The highest BCUT2D eigenvalue weighted by molar-refractivity contribution is 5.87. The number of fused-ring (bicyclic) bond motifs is 5. The number of ketones is 1. The lowest BCUT2D eigenvalue weighted by atomic mass is 9.54. The number of benzene rings is 1. The molecule has 0 aromatic heterocycles. The third-order valence-electron chi connectivity index (χ3n) is 7.96. The molecule has 0 radical (unpaired) electrons. The van der Waals surface area contributed by atoms with Crippen molar-refractivity contribution in [3.8, 4) is 5.75 Å². The molecule has 0 amide bonds. The van der Waals surface area contributed by atoms with E-state index in [1.807, 2.05) is 0 Å². The lowest BCUT2D eigenvalue weighted by Crippen LogP contribution is -2.44. The average Bonchev–Trinajstić information content (AvgIpc) is 2.91. The summed E-state index contributed by atoms with van der Waals surface area (Å²) in [6.07, 6.45) is 10.7. The van der Waals surface area contributed by atoms with Gasteiger partial charge < -0.3 is 4.74 Å². The van der Waals surface area contributed by atoms with Crippen LogP contribution in [0.25, 0.3) is 0 Å². The first-order valence-electron chi connectivity index (χ1n) is 10.8. The van der Waals surface area contributed by atoms with Crippen molar-refractivity contribution in [1.82, 2.24) is 0 Å². The van der Waals surface area contributed by atoms with Gasteiger partial charge in [-0.2, -0.15) is 0 Å². The third kappa shape index (κ3) is 2.80. The fourth-order valence-corrected chi connectivity index (χ4v) is 6.67. The van der Waals surface area contributed by atoms with Crippen molar-refractivity contribution in [2.75, 3.05) is 7.11 Å².